The van der Waals surface area contributed by atoms with Crippen molar-refractivity contribution in [1.82, 2.24) is 20.2 Å². The van der Waals surface area contributed by atoms with E-state index in [0.29, 0.717) is 53.5 Å². The van der Waals surface area contributed by atoms with Gasteiger partial charge in [0.25, 0.3) is 5.91 Å². The molecule has 1 atom stereocenters. The van der Waals surface area contributed by atoms with Crippen LogP contribution in [0, 0.1) is 5.82 Å². The van der Waals surface area contributed by atoms with Crippen molar-refractivity contribution in [3.05, 3.63) is 53.7 Å². The number of hydrogen-bond donors (Lipinski definition) is 3. The second-order valence-corrected chi connectivity index (χ2v) is 10.8. The highest BCUT2D eigenvalue weighted by molar-refractivity contribution is 6.06. The highest BCUT2D eigenvalue weighted by Crippen LogP contribution is 2.42. The van der Waals surface area contributed by atoms with Crippen molar-refractivity contribution in [2.24, 2.45) is 0 Å². The third kappa shape index (κ3) is 5.54. The first-order chi connectivity index (χ1) is 19.2. The van der Waals surface area contributed by atoms with Crippen LogP contribution in [0.1, 0.15) is 49.7 Å². The third-order valence-electron chi connectivity index (χ3n) is 6.89. The van der Waals surface area contributed by atoms with Crippen LogP contribution in [0.15, 0.2) is 36.7 Å². The molecule has 3 N–H and O–H groups in total. The molecule has 212 valence electrons. The number of H-pyrrole nitrogens is 1. The van der Waals surface area contributed by atoms with E-state index in [1.807, 2.05) is 20.8 Å². The molecular formula is C29H34FN5O5. The predicted octanol–water partition coefficient (Wildman–Crippen LogP) is 5.03. The van der Waals surface area contributed by atoms with Gasteiger partial charge in [-0.15, -0.1) is 0 Å². The number of fused-ring (bicyclic) bond motifs is 1. The van der Waals surface area contributed by atoms with E-state index in [1.54, 1.807) is 35.5 Å². The fraction of sp³-hybridized carbons (Fsp3) is 0.414. The van der Waals surface area contributed by atoms with Gasteiger partial charge in [0.1, 0.15) is 18.0 Å². The maximum absolute atomic E-state index is 14.5. The minimum Gasteiger partial charge on any atom is -0.492 e. The van der Waals surface area contributed by atoms with Gasteiger partial charge in [-0.1, -0.05) is 6.07 Å². The number of para-hydroxylation sites is 1. The Hall–Kier alpha value is -4.28. The van der Waals surface area contributed by atoms with E-state index < -0.39 is 11.4 Å². The summed E-state index contributed by atoms with van der Waals surface area (Å²) in [4.78, 5) is 35.1. The molecular weight excluding hydrogens is 517 g/mol. The average Bonchev–Trinajstić information content (AvgIpc) is 3.52. The normalized spacial score (nSPS) is 16.8. The third-order valence-corrected chi connectivity index (χ3v) is 6.89. The lowest BCUT2D eigenvalue weighted by atomic mass is 10.0. The lowest BCUT2D eigenvalue weighted by Crippen LogP contribution is -2.42. The molecule has 5 rings (SSSR count). The molecule has 0 aliphatic carbocycles. The summed E-state index contributed by atoms with van der Waals surface area (Å²) in [6.07, 6.45) is 5.13. The summed E-state index contributed by atoms with van der Waals surface area (Å²) in [6, 6.07) is 6.19. The zero-order chi connectivity index (χ0) is 28.4. The van der Waals surface area contributed by atoms with Crippen LogP contribution < -0.4 is 20.1 Å². The van der Waals surface area contributed by atoms with Crippen LogP contribution in [-0.2, 0) is 11.2 Å². The van der Waals surface area contributed by atoms with Gasteiger partial charge in [0, 0.05) is 37.0 Å². The standard InChI is InChI=1S/C29H34FN5O5/c1-29(2,3)40-28(37)35-14-6-7-17(35)16-39-22-15-31-12-10-18(22)24-25(23-20(33-24)11-13-32-27(23)36)34-21-9-5-8-19(30)26(21)38-4/h5,8-10,12,15,17,33-34H,6-7,11,13-14,16H2,1-4H3,(H,32,36)/t17-/m0/s1. The first-order valence-electron chi connectivity index (χ1n) is 13.4. The van der Waals surface area contributed by atoms with Crippen LogP contribution in [0.3, 0.4) is 0 Å². The summed E-state index contributed by atoms with van der Waals surface area (Å²) >= 11 is 0. The molecule has 2 aliphatic rings. The molecule has 0 saturated carbocycles. The summed E-state index contributed by atoms with van der Waals surface area (Å²) in [5.74, 6) is -0.250. The van der Waals surface area contributed by atoms with Gasteiger partial charge in [0.2, 0.25) is 0 Å². The van der Waals surface area contributed by atoms with Gasteiger partial charge in [-0.3, -0.25) is 9.78 Å². The molecule has 2 aromatic heterocycles. The van der Waals surface area contributed by atoms with Gasteiger partial charge in [-0.2, -0.15) is 0 Å². The van der Waals surface area contributed by atoms with Crippen molar-refractivity contribution in [2.45, 2.75) is 51.7 Å². The van der Waals surface area contributed by atoms with Crippen molar-refractivity contribution in [2.75, 3.05) is 32.1 Å². The second kappa shape index (κ2) is 11.1. The van der Waals surface area contributed by atoms with Gasteiger partial charge in [0.15, 0.2) is 11.6 Å². The summed E-state index contributed by atoms with van der Waals surface area (Å²) in [5.41, 5.74) is 2.73. The number of methoxy groups -OCH3 is 1. The zero-order valence-electron chi connectivity index (χ0n) is 23.1. The Labute approximate surface area is 232 Å². The monoisotopic (exact) mass is 551 g/mol. The van der Waals surface area contributed by atoms with E-state index in [-0.39, 0.29) is 30.4 Å². The molecule has 40 heavy (non-hydrogen) atoms. The number of nitrogens with zero attached hydrogens (tertiary/aromatic N) is 2. The Kier molecular flexibility index (Phi) is 7.55. The van der Waals surface area contributed by atoms with Gasteiger partial charge in [-0.25, -0.2) is 9.18 Å². The molecule has 2 amide bonds. The molecule has 1 aromatic carbocycles. The number of carbonyl (C=O) groups excluding carboxylic acids is 2. The van der Waals surface area contributed by atoms with E-state index in [0.717, 1.165) is 18.5 Å². The summed E-state index contributed by atoms with van der Waals surface area (Å²) in [5, 5.41) is 6.12. The second-order valence-electron chi connectivity index (χ2n) is 10.8. The Bertz CT molecular complexity index is 1420. The molecule has 0 unspecified atom stereocenters. The minimum absolute atomic E-state index is 0.0364. The van der Waals surface area contributed by atoms with E-state index in [9.17, 15) is 14.0 Å². The number of rotatable bonds is 7. The predicted molar refractivity (Wildman–Crippen MR) is 148 cm³/mol. The van der Waals surface area contributed by atoms with Crippen LogP contribution in [0.4, 0.5) is 20.6 Å². The number of carbonyl (C=O) groups is 2. The quantitative estimate of drug-likeness (QED) is 0.377. The molecule has 10 nitrogen and oxygen atoms in total. The van der Waals surface area contributed by atoms with Gasteiger partial charge >= 0.3 is 6.09 Å². The van der Waals surface area contributed by atoms with Crippen LogP contribution in [0.2, 0.25) is 0 Å². The van der Waals surface area contributed by atoms with Crippen LogP contribution in [0.5, 0.6) is 11.5 Å². The summed E-state index contributed by atoms with van der Waals surface area (Å²) < 4.78 is 31.6. The van der Waals surface area contributed by atoms with Crippen molar-refractivity contribution in [1.29, 1.82) is 0 Å². The Morgan fingerprint density at radius 3 is 2.88 bits per heavy atom. The number of benzene rings is 1. The Morgan fingerprint density at radius 1 is 1.27 bits per heavy atom. The number of aromatic amines is 1. The van der Waals surface area contributed by atoms with Crippen molar-refractivity contribution in [3.63, 3.8) is 0 Å². The van der Waals surface area contributed by atoms with Gasteiger partial charge in [-0.05, 0) is 51.8 Å². The van der Waals surface area contributed by atoms with Crippen LogP contribution in [-0.4, -0.2) is 65.3 Å². The number of aromatic nitrogens is 2. The molecule has 3 aromatic rings. The fourth-order valence-electron chi connectivity index (χ4n) is 5.11. The molecule has 1 saturated heterocycles. The molecule has 0 spiro atoms. The first-order valence-corrected chi connectivity index (χ1v) is 13.4. The average molecular weight is 552 g/mol. The number of nitrogens with one attached hydrogen (secondary N) is 3. The summed E-state index contributed by atoms with van der Waals surface area (Å²) in [7, 11) is 1.39. The van der Waals surface area contributed by atoms with Gasteiger partial charge in [0.05, 0.1) is 42.0 Å². The number of likely N-dealkylation sites (tertiary alicyclic amines) is 1. The maximum atomic E-state index is 14.5. The molecule has 0 bridgehead atoms. The van der Waals surface area contributed by atoms with Crippen molar-refractivity contribution < 1.29 is 28.2 Å². The highest BCUT2D eigenvalue weighted by Gasteiger charge is 2.33. The maximum Gasteiger partial charge on any atom is 0.410 e. The van der Waals surface area contributed by atoms with E-state index in [2.05, 4.69) is 20.6 Å². The number of ether oxygens (including phenoxy) is 3. The van der Waals surface area contributed by atoms with E-state index in [1.165, 1.54) is 13.2 Å². The molecule has 2 aliphatic heterocycles. The number of halogens is 1. The Balaban J connectivity index is 1.47. The van der Waals surface area contributed by atoms with Crippen LogP contribution >= 0.6 is 0 Å². The smallest absolute Gasteiger partial charge is 0.410 e. The Morgan fingerprint density at radius 2 is 2.10 bits per heavy atom. The van der Waals surface area contributed by atoms with E-state index >= 15 is 0 Å². The number of hydrogen-bond acceptors (Lipinski definition) is 7. The fourth-order valence-corrected chi connectivity index (χ4v) is 5.11. The largest absolute Gasteiger partial charge is 0.492 e. The summed E-state index contributed by atoms with van der Waals surface area (Å²) in [6.45, 7) is 6.88. The van der Waals surface area contributed by atoms with E-state index in [4.69, 9.17) is 14.2 Å². The first kappa shape index (κ1) is 27.3. The number of anilines is 2. The lowest BCUT2D eigenvalue weighted by Gasteiger charge is -2.28. The van der Waals surface area contributed by atoms with Crippen molar-refractivity contribution in [3.8, 4) is 22.8 Å². The molecule has 0 radical (unpaired) electrons. The number of pyridine rings is 1. The molecule has 4 heterocycles. The molecule has 11 heteroatoms. The molecule has 1 fully saturated rings. The lowest BCUT2D eigenvalue weighted by molar-refractivity contribution is 0.0187. The SMILES string of the molecule is COc1c(F)cccc1Nc1c(-c2ccncc2OC[C@@H]2CCCN2C(=O)OC(C)(C)C)[nH]c2c1C(=O)NCC2. The highest BCUT2D eigenvalue weighted by atomic mass is 19.1. The van der Waals surface area contributed by atoms with Gasteiger partial charge < -0.3 is 34.7 Å². The minimum atomic E-state index is -0.589. The zero-order valence-corrected chi connectivity index (χ0v) is 23.1. The van der Waals surface area contributed by atoms with Crippen LogP contribution in [0.25, 0.3) is 11.3 Å². The topological polar surface area (TPSA) is 118 Å². The van der Waals surface area contributed by atoms with Crippen molar-refractivity contribution >= 4 is 23.4 Å². The number of amides is 2.